The molecule has 2 aromatic rings. The molecule has 17 heavy (non-hydrogen) atoms. The molecule has 0 fully saturated rings. The normalized spacial score (nSPS) is 10.2. The van der Waals surface area contributed by atoms with E-state index in [2.05, 4.69) is 26.1 Å². The van der Waals surface area contributed by atoms with Crippen LogP contribution in [0.4, 0.5) is 5.69 Å². The number of nitro groups is 1. The molecular formula is C9H6BrN3O3S. The number of ether oxygens (including phenoxy) is 1. The standard InChI is InChI=1S/C9H6BrN3O3S/c1-16-7-3-2-5(4-6(7)13(14)15)8-11-12-9(10)17-8/h2-4H,1H3. The first-order valence-electron chi connectivity index (χ1n) is 4.43. The van der Waals surface area contributed by atoms with Crippen molar-refractivity contribution in [3.05, 3.63) is 32.2 Å². The van der Waals surface area contributed by atoms with Crippen molar-refractivity contribution in [3.8, 4) is 16.3 Å². The van der Waals surface area contributed by atoms with Crippen LogP contribution in [0.25, 0.3) is 10.6 Å². The lowest BCUT2D eigenvalue weighted by Crippen LogP contribution is -1.94. The highest BCUT2D eigenvalue weighted by Crippen LogP contribution is 2.33. The van der Waals surface area contributed by atoms with Crippen LogP contribution < -0.4 is 4.74 Å². The van der Waals surface area contributed by atoms with Crippen LogP contribution in [0.3, 0.4) is 0 Å². The van der Waals surface area contributed by atoms with Crippen LogP contribution in [0.2, 0.25) is 0 Å². The molecule has 6 nitrogen and oxygen atoms in total. The first-order chi connectivity index (χ1) is 8.11. The van der Waals surface area contributed by atoms with E-state index in [1.165, 1.54) is 24.5 Å². The first kappa shape index (κ1) is 11.9. The summed E-state index contributed by atoms with van der Waals surface area (Å²) in [6.45, 7) is 0. The molecule has 1 heterocycles. The van der Waals surface area contributed by atoms with Gasteiger partial charge in [-0.1, -0.05) is 11.3 Å². The molecule has 8 heteroatoms. The maximum absolute atomic E-state index is 10.9. The van der Waals surface area contributed by atoms with Crippen LogP contribution in [0.5, 0.6) is 5.75 Å². The predicted octanol–water partition coefficient (Wildman–Crippen LogP) is 2.88. The lowest BCUT2D eigenvalue weighted by molar-refractivity contribution is -0.385. The summed E-state index contributed by atoms with van der Waals surface area (Å²) in [4.78, 5) is 10.4. The number of methoxy groups -OCH3 is 1. The van der Waals surface area contributed by atoms with Crippen molar-refractivity contribution in [2.24, 2.45) is 0 Å². The van der Waals surface area contributed by atoms with Gasteiger partial charge < -0.3 is 4.74 Å². The molecule has 0 bridgehead atoms. The number of hydrogen-bond acceptors (Lipinski definition) is 6. The van der Waals surface area contributed by atoms with Crippen LogP contribution in [0.1, 0.15) is 0 Å². The van der Waals surface area contributed by atoms with Crippen LogP contribution in [0, 0.1) is 10.1 Å². The predicted molar refractivity (Wildman–Crippen MR) is 66.3 cm³/mol. The van der Waals surface area contributed by atoms with E-state index in [1.807, 2.05) is 0 Å². The minimum atomic E-state index is -0.488. The lowest BCUT2D eigenvalue weighted by atomic mass is 10.2. The van der Waals surface area contributed by atoms with Crippen LogP contribution >= 0.6 is 27.3 Å². The van der Waals surface area contributed by atoms with E-state index in [1.54, 1.807) is 12.1 Å². The van der Waals surface area contributed by atoms with E-state index in [9.17, 15) is 10.1 Å². The Morgan fingerprint density at radius 1 is 1.47 bits per heavy atom. The molecule has 0 atom stereocenters. The van der Waals surface area contributed by atoms with Gasteiger partial charge >= 0.3 is 5.69 Å². The minimum absolute atomic E-state index is 0.0867. The van der Waals surface area contributed by atoms with Crippen molar-refractivity contribution in [1.82, 2.24) is 10.2 Å². The zero-order valence-electron chi connectivity index (χ0n) is 8.58. The SMILES string of the molecule is COc1ccc(-c2nnc(Br)s2)cc1[N+](=O)[O-]. The van der Waals surface area contributed by atoms with Gasteiger partial charge in [0.1, 0.15) is 5.01 Å². The molecule has 1 aromatic heterocycles. The van der Waals surface area contributed by atoms with E-state index in [0.29, 0.717) is 14.5 Å². The number of nitrogens with zero attached hydrogens (tertiary/aromatic N) is 3. The zero-order valence-corrected chi connectivity index (χ0v) is 11.0. The molecule has 0 unspecified atom stereocenters. The van der Waals surface area contributed by atoms with E-state index >= 15 is 0 Å². The zero-order chi connectivity index (χ0) is 12.4. The number of hydrogen-bond donors (Lipinski definition) is 0. The molecule has 0 N–H and O–H groups in total. The number of halogens is 1. The fourth-order valence-corrected chi connectivity index (χ4v) is 2.39. The molecule has 0 saturated carbocycles. The quantitative estimate of drug-likeness (QED) is 0.642. The van der Waals surface area contributed by atoms with Crippen molar-refractivity contribution in [2.75, 3.05) is 7.11 Å². The lowest BCUT2D eigenvalue weighted by Gasteiger charge is -2.02. The van der Waals surface area contributed by atoms with Gasteiger partial charge in [-0.25, -0.2) is 0 Å². The highest BCUT2D eigenvalue weighted by Gasteiger charge is 2.17. The molecule has 0 aliphatic heterocycles. The second-order valence-electron chi connectivity index (χ2n) is 3.00. The molecule has 0 aliphatic carbocycles. The summed E-state index contributed by atoms with van der Waals surface area (Å²) in [5, 5.41) is 19.2. The van der Waals surface area contributed by atoms with Gasteiger partial charge in [0, 0.05) is 11.6 Å². The van der Waals surface area contributed by atoms with Crippen molar-refractivity contribution in [2.45, 2.75) is 0 Å². The summed E-state index contributed by atoms with van der Waals surface area (Å²) in [5.74, 6) is 0.224. The fraction of sp³-hybridized carbons (Fsp3) is 0.111. The van der Waals surface area contributed by atoms with Crippen molar-refractivity contribution in [3.63, 3.8) is 0 Å². The van der Waals surface area contributed by atoms with E-state index in [4.69, 9.17) is 4.74 Å². The van der Waals surface area contributed by atoms with Gasteiger partial charge in [-0.15, -0.1) is 10.2 Å². The molecule has 0 saturated heterocycles. The maximum Gasteiger partial charge on any atom is 0.311 e. The third-order valence-electron chi connectivity index (χ3n) is 2.02. The van der Waals surface area contributed by atoms with Gasteiger partial charge in [0.15, 0.2) is 9.67 Å². The molecule has 0 radical (unpaired) electrons. The van der Waals surface area contributed by atoms with Crippen molar-refractivity contribution >= 4 is 33.0 Å². The van der Waals surface area contributed by atoms with Crippen molar-refractivity contribution in [1.29, 1.82) is 0 Å². The molecular weight excluding hydrogens is 310 g/mol. The Balaban J connectivity index is 2.50. The monoisotopic (exact) mass is 315 g/mol. The van der Waals surface area contributed by atoms with Gasteiger partial charge in [-0.2, -0.15) is 0 Å². The third kappa shape index (κ3) is 2.42. The third-order valence-corrected chi connectivity index (χ3v) is 3.43. The van der Waals surface area contributed by atoms with E-state index in [0.717, 1.165) is 0 Å². The van der Waals surface area contributed by atoms with Gasteiger partial charge in [0.25, 0.3) is 0 Å². The average molecular weight is 316 g/mol. The highest BCUT2D eigenvalue weighted by molar-refractivity contribution is 9.11. The summed E-state index contributed by atoms with van der Waals surface area (Å²) in [6, 6.07) is 4.67. The van der Waals surface area contributed by atoms with E-state index in [-0.39, 0.29) is 11.4 Å². The van der Waals surface area contributed by atoms with E-state index < -0.39 is 4.92 Å². The molecule has 0 aliphatic rings. The second-order valence-corrected chi connectivity index (χ2v) is 5.26. The number of aromatic nitrogens is 2. The minimum Gasteiger partial charge on any atom is -0.490 e. The fourth-order valence-electron chi connectivity index (χ4n) is 1.29. The average Bonchev–Trinajstić information content (AvgIpc) is 2.75. The maximum atomic E-state index is 10.9. The highest BCUT2D eigenvalue weighted by atomic mass is 79.9. The number of nitro benzene ring substituents is 1. The second kappa shape index (κ2) is 4.76. The van der Waals surface area contributed by atoms with Gasteiger partial charge in [-0.3, -0.25) is 10.1 Å². The smallest absolute Gasteiger partial charge is 0.311 e. The number of rotatable bonds is 3. The summed E-state index contributed by atoms with van der Waals surface area (Å²) in [6.07, 6.45) is 0. The molecule has 0 spiro atoms. The summed E-state index contributed by atoms with van der Waals surface area (Å²) >= 11 is 4.50. The van der Waals surface area contributed by atoms with Gasteiger partial charge in [0.05, 0.1) is 12.0 Å². The Morgan fingerprint density at radius 2 is 2.24 bits per heavy atom. The Morgan fingerprint density at radius 3 is 2.76 bits per heavy atom. The molecule has 2 rings (SSSR count). The van der Waals surface area contributed by atoms with Crippen LogP contribution in [-0.2, 0) is 0 Å². The first-order valence-corrected chi connectivity index (χ1v) is 6.04. The van der Waals surface area contributed by atoms with Crippen LogP contribution in [0.15, 0.2) is 22.1 Å². The molecule has 1 aromatic carbocycles. The Kier molecular flexibility index (Phi) is 3.34. The van der Waals surface area contributed by atoms with Crippen LogP contribution in [-0.4, -0.2) is 22.2 Å². The number of benzene rings is 1. The van der Waals surface area contributed by atoms with Gasteiger partial charge in [-0.05, 0) is 28.1 Å². The molecule has 0 amide bonds. The summed E-state index contributed by atoms with van der Waals surface area (Å²) in [7, 11) is 1.39. The largest absolute Gasteiger partial charge is 0.490 e. The molecule has 88 valence electrons. The Hall–Kier alpha value is -1.54. The summed E-state index contributed by atoms with van der Waals surface area (Å²) in [5.41, 5.74) is 0.553. The van der Waals surface area contributed by atoms with Crippen molar-refractivity contribution < 1.29 is 9.66 Å². The topological polar surface area (TPSA) is 78.2 Å². The van der Waals surface area contributed by atoms with Gasteiger partial charge in [0.2, 0.25) is 0 Å². The summed E-state index contributed by atoms with van der Waals surface area (Å²) < 4.78 is 5.55. The Bertz CT molecular complexity index is 572. The Labute approximate surface area is 109 Å².